The molecule has 136 valence electrons. The molecule has 0 aliphatic carbocycles. The maximum atomic E-state index is 11.5. The Kier molecular flexibility index (Phi) is 4.35. The topological polar surface area (TPSA) is 91.1 Å². The summed E-state index contributed by atoms with van der Waals surface area (Å²) in [6.45, 7) is 0. The number of sulfonamides is 1. The van der Waals surface area contributed by atoms with E-state index in [1.54, 1.807) is 41.3 Å². The summed E-state index contributed by atoms with van der Waals surface area (Å²) in [7, 11) is -3.76. The van der Waals surface area contributed by atoms with Gasteiger partial charge in [-0.25, -0.2) is 18.2 Å². The first-order valence-electron chi connectivity index (χ1n) is 7.95. The SMILES string of the molecule is NS(=O)(=O)c1ccc(-n2nc(-c3ccc(Cl)cc3)cc2-c2ccco2)cc1. The number of benzene rings is 2. The van der Waals surface area contributed by atoms with Crippen LogP contribution in [0, 0.1) is 0 Å². The number of primary sulfonamides is 1. The van der Waals surface area contributed by atoms with Crippen LogP contribution in [-0.2, 0) is 10.0 Å². The van der Waals surface area contributed by atoms with Crippen LogP contribution < -0.4 is 5.14 Å². The molecule has 0 spiro atoms. The summed E-state index contributed by atoms with van der Waals surface area (Å²) in [4.78, 5) is 0.0379. The highest BCUT2D eigenvalue weighted by molar-refractivity contribution is 7.89. The van der Waals surface area contributed by atoms with E-state index in [0.29, 0.717) is 16.5 Å². The molecule has 0 fully saturated rings. The van der Waals surface area contributed by atoms with Crippen molar-refractivity contribution < 1.29 is 12.8 Å². The Labute approximate surface area is 160 Å². The second-order valence-corrected chi connectivity index (χ2v) is 7.85. The van der Waals surface area contributed by atoms with Crippen LogP contribution in [0.2, 0.25) is 5.02 Å². The van der Waals surface area contributed by atoms with Gasteiger partial charge < -0.3 is 4.42 Å². The van der Waals surface area contributed by atoms with E-state index in [0.717, 1.165) is 17.0 Å². The maximum absolute atomic E-state index is 11.5. The molecule has 0 radical (unpaired) electrons. The number of aromatic nitrogens is 2. The standard InChI is InChI=1S/C19H14ClN3O3S/c20-14-5-3-13(4-6-14)17-12-18(19-2-1-11-26-19)23(22-17)15-7-9-16(10-8-15)27(21,24)25/h1-12H,(H2,21,24,25). The van der Waals surface area contributed by atoms with Crippen molar-refractivity contribution in [3.8, 4) is 28.4 Å². The first-order chi connectivity index (χ1) is 12.9. The van der Waals surface area contributed by atoms with E-state index in [1.807, 2.05) is 24.3 Å². The molecule has 2 aromatic heterocycles. The van der Waals surface area contributed by atoms with Gasteiger partial charge in [0.15, 0.2) is 5.76 Å². The van der Waals surface area contributed by atoms with Crippen LogP contribution in [0.3, 0.4) is 0 Å². The molecular weight excluding hydrogens is 386 g/mol. The minimum absolute atomic E-state index is 0.0379. The highest BCUT2D eigenvalue weighted by Crippen LogP contribution is 2.29. The van der Waals surface area contributed by atoms with Gasteiger partial charge in [0.05, 0.1) is 22.5 Å². The molecule has 0 saturated heterocycles. The Bertz CT molecular complexity index is 1180. The number of hydrogen-bond acceptors (Lipinski definition) is 4. The lowest BCUT2D eigenvalue weighted by molar-refractivity contribution is 0.576. The fraction of sp³-hybridized carbons (Fsp3) is 0. The average molecular weight is 400 g/mol. The fourth-order valence-corrected chi connectivity index (χ4v) is 3.36. The van der Waals surface area contributed by atoms with E-state index in [-0.39, 0.29) is 4.90 Å². The lowest BCUT2D eigenvalue weighted by Gasteiger charge is -2.06. The smallest absolute Gasteiger partial charge is 0.238 e. The van der Waals surface area contributed by atoms with Crippen molar-refractivity contribution in [1.29, 1.82) is 0 Å². The van der Waals surface area contributed by atoms with Gasteiger partial charge in [-0.2, -0.15) is 5.10 Å². The monoisotopic (exact) mass is 399 g/mol. The van der Waals surface area contributed by atoms with Crippen molar-refractivity contribution in [3.05, 3.63) is 78.0 Å². The minimum Gasteiger partial charge on any atom is -0.463 e. The van der Waals surface area contributed by atoms with E-state index in [2.05, 4.69) is 5.10 Å². The lowest BCUT2D eigenvalue weighted by atomic mass is 10.1. The van der Waals surface area contributed by atoms with Gasteiger partial charge in [0, 0.05) is 10.6 Å². The van der Waals surface area contributed by atoms with Gasteiger partial charge in [0.25, 0.3) is 0 Å². The van der Waals surface area contributed by atoms with Crippen LogP contribution in [0.15, 0.2) is 82.3 Å². The van der Waals surface area contributed by atoms with Crippen LogP contribution in [-0.4, -0.2) is 18.2 Å². The maximum Gasteiger partial charge on any atom is 0.238 e. The summed E-state index contributed by atoms with van der Waals surface area (Å²) in [6.07, 6.45) is 1.58. The molecule has 0 unspecified atom stereocenters. The Morgan fingerprint density at radius 1 is 1.00 bits per heavy atom. The van der Waals surface area contributed by atoms with Crippen LogP contribution in [0.1, 0.15) is 0 Å². The number of rotatable bonds is 4. The molecule has 2 N–H and O–H groups in total. The van der Waals surface area contributed by atoms with Crippen molar-refractivity contribution in [1.82, 2.24) is 9.78 Å². The summed E-state index contributed by atoms with van der Waals surface area (Å²) in [5.41, 5.74) is 3.03. The van der Waals surface area contributed by atoms with Crippen LogP contribution in [0.4, 0.5) is 0 Å². The highest BCUT2D eigenvalue weighted by atomic mass is 35.5. The Balaban J connectivity index is 1.85. The van der Waals surface area contributed by atoms with E-state index >= 15 is 0 Å². The molecule has 4 rings (SSSR count). The molecule has 2 heterocycles. The Hall–Kier alpha value is -2.87. The first-order valence-corrected chi connectivity index (χ1v) is 9.87. The zero-order valence-corrected chi connectivity index (χ0v) is 15.5. The van der Waals surface area contributed by atoms with Crippen LogP contribution in [0.25, 0.3) is 28.4 Å². The molecule has 8 heteroatoms. The third-order valence-electron chi connectivity index (χ3n) is 4.03. The summed E-state index contributed by atoms with van der Waals surface area (Å²) < 4.78 is 30.2. The largest absolute Gasteiger partial charge is 0.463 e. The third kappa shape index (κ3) is 3.52. The molecule has 0 aliphatic heterocycles. The van der Waals surface area contributed by atoms with E-state index in [4.69, 9.17) is 21.2 Å². The van der Waals surface area contributed by atoms with E-state index in [9.17, 15) is 8.42 Å². The molecule has 0 aliphatic rings. The second-order valence-electron chi connectivity index (χ2n) is 5.85. The molecule has 0 amide bonds. The quantitative estimate of drug-likeness (QED) is 0.559. The predicted octanol–water partition coefficient (Wildman–Crippen LogP) is 4.10. The van der Waals surface area contributed by atoms with E-state index < -0.39 is 10.0 Å². The number of nitrogens with zero attached hydrogens (tertiary/aromatic N) is 2. The zero-order chi connectivity index (χ0) is 19.0. The second kappa shape index (κ2) is 6.70. The molecule has 27 heavy (non-hydrogen) atoms. The lowest BCUT2D eigenvalue weighted by Crippen LogP contribution is -2.12. The van der Waals surface area contributed by atoms with Crippen molar-refractivity contribution in [2.75, 3.05) is 0 Å². The molecular formula is C19H14ClN3O3S. The predicted molar refractivity (Wildman–Crippen MR) is 103 cm³/mol. The summed E-state index contributed by atoms with van der Waals surface area (Å²) >= 11 is 5.96. The molecule has 4 aromatic rings. The van der Waals surface area contributed by atoms with Crippen molar-refractivity contribution in [2.24, 2.45) is 5.14 Å². The highest BCUT2D eigenvalue weighted by Gasteiger charge is 2.16. The van der Waals surface area contributed by atoms with Crippen LogP contribution >= 0.6 is 11.6 Å². The van der Waals surface area contributed by atoms with Crippen molar-refractivity contribution >= 4 is 21.6 Å². The normalized spacial score (nSPS) is 11.6. The summed E-state index contributed by atoms with van der Waals surface area (Å²) in [6, 6.07) is 19.0. The molecule has 2 aromatic carbocycles. The van der Waals surface area contributed by atoms with Crippen LogP contribution in [0.5, 0.6) is 0 Å². The van der Waals surface area contributed by atoms with E-state index in [1.165, 1.54) is 12.1 Å². The zero-order valence-electron chi connectivity index (χ0n) is 13.9. The fourth-order valence-electron chi connectivity index (χ4n) is 2.72. The molecule has 0 bridgehead atoms. The number of nitrogens with two attached hydrogens (primary N) is 1. The Morgan fingerprint density at radius 2 is 1.70 bits per heavy atom. The average Bonchev–Trinajstić information content (AvgIpc) is 3.31. The third-order valence-corrected chi connectivity index (χ3v) is 5.21. The van der Waals surface area contributed by atoms with Gasteiger partial charge >= 0.3 is 0 Å². The van der Waals surface area contributed by atoms with Gasteiger partial charge in [0.1, 0.15) is 5.69 Å². The van der Waals surface area contributed by atoms with Crippen molar-refractivity contribution in [2.45, 2.75) is 4.90 Å². The number of furan rings is 1. The molecule has 0 saturated carbocycles. The van der Waals surface area contributed by atoms with Crippen molar-refractivity contribution in [3.63, 3.8) is 0 Å². The summed E-state index contributed by atoms with van der Waals surface area (Å²) in [5.74, 6) is 0.637. The van der Waals surface area contributed by atoms with Gasteiger partial charge in [-0.05, 0) is 54.6 Å². The number of halogens is 1. The van der Waals surface area contributed by atoms with Gasteiger partial charge in [0.2, 0.25) is 10.0 Å². The number of hydrogen-bond donors (Lipinski definition) is 1. The molecule has 6 nitrogen and oxygen atoms in total. The van der Waals surface area contributed by atoms with Gasteiger partial charge in [-0.3, -0.25) is 0 Å². The minimum atomic E-state index is -3.76. The molecule has 0 atom stereocenters. The Morgan fingerprint density at radius 3 is 2.30 bits per heavy atom. The van der Waals surface area contributed by atoms with Gasteiger partial charge in [-0.15, -0.1) is 0 Å². The first kappa shape index (κ1) is 17.5. The van der Waals surface area contributed by atoms with Gasteiger partial charge in [-0.1, -0.05) is 23.7 Å². The summed E-state index contributed by atoms with van der Waals surface area (Å²) in [5, 5.41) is 10.5.